The summed E-state index contributed by atoms with van der Waals surface area (Å²) < 4.78 is 0. The Labute approximate surface area is 106 Å². The summed E-state index contributed by atoms with van der Waals surface area (Å²) in [5.41, 5.74) is 4.49. The number of hydrogen-bond acceptors (Lipinski definition) is 2. The fourth-order valence-electron chi connectivity index (χ4n) is 2.02. The number of hydrogen-bond donors (Lipinski definition) is 2. The zero-order valence-electron chi connectivity index (χ0n) is 10.8. The first kappa shape index (κ1) is 12.4. The van der Waals surface area contributed by atoms with Crippen molar-refractivity contribution < 1.29 is 5.11 Å². The zero-order chi connectivity index (χ0) is 12.6. The second-order valence-corrected chi connectivity index (χ2v) is 5.67. The third-order valence-corrected chi connectivity index (χ3v) is 4.71. The monoisotopic (exact) mass is 249 g/mol. The van der Waals surface area contributed by atoms with Crippen molar-refractivity contribution in [1.82, 2.24) is 4.98 Å². The van der Waals surface area contributed by atoms with Crippen molar-refractivity contribution >= 4 is 11.3 Å². The molecule has 0 radical (unpaired) electrons. The fraction of sp³-hybridized carbons (Fsp3) is 0.429. The second-order valence-electron chi connectivity index (χ2n) is 4.47. The van der Waals surface area contributed by atoms with E-state index in [4.69, 9.17) is 0 Å². The minimum Gasteiger partial charge on any atom is -0.381 e. The van der Waals surface area contributed by atoms with Crippen LogP contribution in [0, 0.1) is 20.8 Å². The molecule has 2 rings (SSSR count). The van der Waals surface area contributed by atoms with Gasteiger partial charge in [-0.25, -0.2) is 0 Å². The van der Waals surface area contributed by atoms with Gasteiger partial charge in [0.25, 0.3) is 0 Å². The van der Waals surface area contributed by atoms with E-state index in [1.54, 1.807) is 11.3 Å². The molecule has 0 saturated heterocycles. The minimum atomic E-state index is -0.521. The van der Waals surface area contributed by atoms with Gasteiger partial charge in [0.2, 0.25) is 0 Å². The van der Waals surface area contributed by atoms with Crippen LogP contribution in [0.25, 0.3) is 0 Å². The molecule has 0 aliphatic rings. The number of thiophene rings is 1. The van der Waals surface area contributed by atoms with E-state index in [0.717, 1.165) is 22.7 Å². The maximum atomic E-state index is 10.4. The van der Waals surface area contributed by atoms with Gasteiger partial charge in [0, 0.05) is 15.4 Å². The third-order valence-electron chi connectivity index (χ3n) is 3.43. The Kier molecular flexibility index (Phi) is 3.40. The molecular formula is C14H19NOS. The number of aromatic nitrogens is 1. The molecule has 1 atom stereocenters. The molecule has 0 amide bonds. The quantitative estimate of drug-likeness (QED) is 0.856. The van der Waals surface area contributed by atoms with Crippen LogP contribution in [0.2, 0.25) is 0 Å². The molecule has 0 aliphatic heterocycles. The lowest BCUT2D eigenvalue weighted by atomic mass is 10.1. The van der Waals surface area contributed by atoms with Gasteiger partial charge in [-0.2, -0.15) is 0 Å². The number of aromatic amines is 1. The standard InChI is InChI=1S/C14H19NOS/c1-5-11-6-7-12(17-11)14(16)13-9(3)8(2)10(4)15-13/h6-7,14-16H,5H2,1-4H3. The maximum Gasteiger partial charge on any atom is 0.128 e. The van der Waals surface area contributed by atoms with Crippen molar-refractivity contribution in [2.75, 3.05) is 0 Å². The van der Waals surface area contributed by atoms with Crippen molar-refractivity contribution in [2.24, 2.45) is 0 Å². The molecule has 1 unspecified atom stereocenters. The van der Waals surface area contributed by atoms with Gasteiger partial charge in [-0.3, -0.25) is 0 Å². The van der Waals surface area contributed by atoms with E-state index in [9.17, 15) is 5.11 Å². The van der Waals surface area contributed by atoms with E-state index < -0.39 is 6.10 Å². The summed E-state index contributed by atoms with van der Waals surface area (Å²) in [6, 6.07) is 4.13. The molecule has 3 heteroatoms. The van der Waals surface area contributed by atoms with E-state index in [1.807, 2.05) is 13.0 Å². The third kappa shape index (κ3) is 2.17. The van der Waals surface area contributed by atoms with Crippen molar-refractivity contribution in [1.29, 1.82) is 0 Å². The number of nitrogens with one attached hydrogen (secondary N) is 1. The molecule has 0 saturated carbocycles. The molecule has 0 bridgehead atoms. The molecule has 2 N–H and O–H groups in total. The van der Waals surface area contributed by atoms with Crippen LogP contribution in [0.15, 0.2) is 12.1 Å². The Balaban J connectivity index is 2.36. The molecule has 2 aromatic rings. The summed E-state index contributed by atoms with van der Waals surface area (Å²) in [6.45, 7) is 8.33. The van der Waals surface area contributed by atoms with Crippen molar-refractivity contribution in [3.05, 3.63) is 44.4 Å². The van der Waals surface area contributed by atoms with Gasteiger partial charge in [-0.1, -0.05) is 6.92 Å². The predicted molar refractivity (Wildman–Crippen MR) is 72.8 cm³/mol. The van der Waals surface area contributed by atoms with Gasteiger partial charge < -0.3 is 10.1 Å². The Morgan fingerprint density at radius 1 is 1.24 bits per heavy atom. The van der Waals surface area contributed by atoms with E-state index in [-0.39, 0.29) is 0 Å². The van der Waals surface area contributed by atoms with E-state index in [0.29, 0.717) is 0 Å². The lowest BCUT2D eigenvalue weighted by Gasteiger charge is -2.08. The van der Waals surface area contributed by atoms with E-state index >= 15 is 0 Å². The SMILES string of the molecule is CCc1ccc(C(O)c2[nH]c(C)c(C)c2C)s1. The molecule has 2 heterocycles. The van der Waals surface area contributed by atoms with Crippen LogP contribution in [-0.4, -0.2) is 10.1 Å². The highest BCUT2D eigenvalue weighted by Crippen LogP contribution is 2.31. The van der Waals surface area contributed by atoms with Crippen LogP contribution in [-0.2, 0) is 6.42 Å². The van der Waals surface area contributed by atoms with Crippen LogP contribution >= 0.6 is 11.3 Å². The first-order chi connectivity index (χ1) is 8.04. The molecule has 0 aromatic carbocycles. The van der Waals surface area contributed by atoms with E-state index in [1.165, 1.54) is 16.0 Å². The summed E-state index contributed by atoms with van der Waals surface area (Å²) in [5.74, 6) is 0. The van der Waals surface area contributed by atoms with Crippen molar-refractivity contribution in [2.45, 2.75) is 40.2 Å². The number of aliphatic hydroxyl groups excluding tert-OH is 1. The van der Waals surface area contributed by atoms with Crippen molar-refractivity contribution in [3.8, 4) is 0 Å². The highest BCUT2D eigenvalue weighted by Gasteiger charge is 2.18. The largest absolute Gasteiger partial charge is 0.381 e. The lowest BCUT2D eigenvalue weighted by Crippen LogP contribution is -1.99. The molecule has 0 aliphatic carbocycles. The van der Waals surface area contributed by atoms with E-state index in [2.05, 4.69) is 31.8 Å². The molecular weight excluding hydrogens is 230 g/mol. The molecule has 0 fully saturated rings. The van der Waals surface area contributed by atoms with Crippen LogP contribution in [0.3, 0.4) is 0 Å². The minimum absolute atomic E-state index is 0.521. The average molecular weight is 249 g/mol. The average Bonchev–Trinajstić information content (AvgIpc) is 2.89. The topological polar surface area (TPSA) is 36.0 Å². The molecule has 2 aromatic heterocycles. The van der Waals surface area contributed by atoms with Gasteiger partial charge in [0.05, 0.1) is 5.69 Å². The Morgan fingerprint density at radius 2 is 1.94 bits per heavy atom. The van der Waals surface area contributed by atoms with Gasteiger partial charge in [0.1, 0.15) is 6.10 Å². The summed E-state index contributed by atoms with van der Waals surface area (Å²) in [5, 5.41) is 10.4. The molecule has 92 valence electrons. The molecule has 0 spiro atoms. The summed E-state index contributed by atoms with van der Waals surface area (Å²) in [7, 11) is 0. The lowest BCUT2D eigenvalue weighted by molar-refractivity contribution is 0.219. The second kappa shape index (κ2) is 4.67. The maximum absolute atomic E-state index is 10.4. The number of aliphatic hydroxyl groups is 1. The first-order valence-corrected chi connectivity index (χ1v) is 6.78. The molecule has 17 heavy (non-hydrogen) atoms. The Morgan fingerprint density at radius 3 is 2.41 bits per heavy atom. The molecule has 2 nitrogen and oxygen atoms in total. The highest BCUT2D eigenvalue weighted by atomic mass is 32.1. The number of H-pyrrole nitrogens is 1. The van der Waals surface area contributed by atoms with Crippen LogP contribution in [0.4, 0.5) is 0 Å². The van der Waals surface area contributed by atoms with Crippen LogP contribution < -0.4 is 0 Å². The smallest absolute Gasteiger partial charge is 0.128 e. The van der Waals surface area contributed by atoms with Gasteiger partial charge in [-0.15, -0.1) is 11.3 Å². The highest BCUT2D eigenvalue weighted by molar-refractivity contribution is 7.12. The van der Waals surface area contributed by atoms with Crippen molar-refractivity contribution in [3.63, 3.8) is 0 Å². The summed E-state index contributed by atoms with van der Waals surface area (Å²) in [6.07, 6.45) is 0.506. The number of rotatable bonds is 3. The number of aryl methyl sites for hydroxylation is 2. The van der Waals surface area contributed by atoms with Crippen LogP contribution in [0.5, 0.6) is 0 Å². The first-order valence-electron chi connectivity index (χ1n) is 5.97. The van der Waals surface area contributed by atoms with Gasteiger partial charge in [-0.05, 0) is 50.5 Å². The van der Waals surface area contributed by atoms with Crippen LogP contribution in [0.1, 0.15) is 45.3 Å². The van der Waals surface area contributed by atoms with Gasteiger partial charge >= 0.3 is 0 Å². The zero-order valence-corrected chi connectivity index (χ0v) is 11.6. The summed E-state index contributed by atoms with van der Waals surface area (Å²) >= 11 is 1.69. The normalized spacial score (nSPS) is 13.0. The Hall–Kier alpha value is -1.06. The predicted octanol–water partition coefficient (Wildman–Crippen LogP) is 3.65. The fourth-order valence-corrected chi connectivity index (χ4v) is 2.97. The Bertz CT molecular complexity index is 524. The summed E-state index contributed by atoms with van der Waals surface area (Å²) in [4.78, 5) is 5.63. The van der Waals surface area contributed by atoms with Gasteiger partial charge in [0.15, 0.2) is 0 Å².